The van der Waals surface area contributed by atoms with Crippen molar-refractivity contribution in [2.45, 2.75) is 32.2 Å². The van der Waals surface area contributed by atoms with Crippen molar-refractivity contribution in [1.29, 1.82) is 0 Å². The van der Waals surface area contributed by atoms with Crippen LogP contribution in [0.1, 0.15) is 25.8 Å². The maximum atomic E-state index is 13.6. The lowest BCUT2D eigenvalue weighted by molar-refractivity contribution is 0.361. The summed E-state index contributed by atoms with van der Waals surface area (Å²) >= 11 is 0. The monoisotopic (exact) mass is 248 g/mol. The zero-order valence-electron chi connectivity index (χ0n) is 11.1. The highest BCUT2D eigenvalue weighted by atomic mass is 19.1. The Morgan fingerprint density at radius 3 is 2.72 bits per heavy atom. The number of hydrogen-bond acceptors (Lipinski definition) is 2. The minimum Gasteiger partial charge on any atom is -0.329 e. The van der Waals surface area contributed by atoms with Gasteiger partial charge in [-0.05, 0) is 31.9 Å². The van der Waals surface area contributed by atoms with Gasteiger partial charge in [0.05, 0.1) is 0 Å². The minimum absolute atomic E-state index is 0.174. The summed E-state index contributed by atoms with van der Waals surface area (Å²) in [6.45, 7) is 5.06. The molecule has 0 fully saturated rings. The average Bonchev–Trinajstić information content (AvgIpc) is 2.38. The van der Waals surface area contributed by atoms with Crippen molar-refractivity contribution < 1.29 is 4.39 Å². The standard InChI is InChI=1S/C15H21FN2/c1-3-4-7-10-18-15(2,12-17)11-13-8-5-6-9-14(13)16/h5-6,8-9,18H,7,10-12,17H2,1-2H3. The van der Waals surface area contributed by atoms with Gasteiger partial charge in [0, 0.05) is 25.0 Å². The molecule has 0 aliphatic carbocycles. The minimum atomic E-state index is -0.294. The molecule has 0 heterocycles. The molecule has 1 rings (SSSR count). The SMILES string of the molecule is CC#CCCNC(C)(CN)Cc1ccccc1F. The molecule has 0 bridgehead atoms. The van der Waals surface area contributed by atoms with Gasteiger partial charge in [-0.3, -0.25) is 0 Å². The van der Waals surface area contributed by atoms with Crippen molar-refractivity contribution >= 4 is 0 Å². The Bertz CT molecular complexity index is 434. The Labute approximate surface area is 109 Å². The molecule has 98 valence electrons. The van der Waals surface area contributed by atoms with Gasteiger partial charge < -0.3 is 11.1 Å². The van der Waals surface area contributed by atoms with Crippen LogP contribution in [0, 0.1) is 17.7 Å². The number of halogens is 1. The Morgan fingerprint density at radius 1 is 1.39 bits per heavy atom. The summed E-state index contributed by atoms with van der Waals surface area (Å²) in [5, 5.41) is 3.36. The van der Waals surface area contributed by atoms with E-state index in [1.165, 1.54) is 6.07 Å². The van der Waals surface area contributed by atoms with Crippen LogP contribution in [-0.4, -0.2) is 18.6 Å². The molecular formula is C15H21FN2. The van der Waals surface area contributed by atoms with Crippen LogP contribution < -0.4 is 11.1 Å². The quantitative estimate of drug-likeness (QED) is 0.597. The summed E-state index contributed by atoms with van der Waals surface area (Å²) in [5.41, 5.74) is 6.20. The Hall–Kier alpha value is -1.37. The molecule has 0 saturated heterocycles. The molecule has 1 atom stereocenters. The van der Waals surface area contributed by atoms with Crippen LogP contribution in [-0.2, 0) is 6.42 Å². The van der Waals surface area contributed by atoms with Crippen molar-refractivity contribution in [2.75, 3.05) is 13.1 Å². The van der Waals surface area contributed by atoms with Crippen LogP contribution in [0.3, 0.4) is 0 Å². The van der Waals surface area contributed by atoms with E-state index in [1.54, 1.807) is 12.1 Å². The first-order chi connectivity index (χ1) is 8.61. The Balaban J connectivity index is 2.63. The molecule has 2 nitrogen and oxygen atoms in total. The first-order valence-electron chi connectivity index (χ1n) is 6.19. The van der Waals surface area contributed by atoms with Crippen molar-refractivity contribution in [2.24, 2.45) is 5.73 Å². The van der Waals surface area contributed by atoms with Gasteiger partial charge in [0.25, 0.3) is 0 Å². The largest absolute Gasteiger partial charge is 0.329 e. The van der Waals surface area contributed by atoms with E-state index in [4.69, 9.17) is 5.73 Å². The van der Waals surface area contributed by atoms with E-state index in [-0.39, 0.29) is 11.4 Å². The van der Waals surface area contributed by atoms with E-state index in [0.29, 0.717) is 18.5 Å². The summed E-state index contributed by atoms with van der Waals surface area (Å²) in [5.74, 6) is 5.67. The molecule has 18 heavy (non-hydrogen) atoms. The van der Waals surface area contributed by atoms with Gasteiger partial charge in [-0.15, -0.1) is 11.8 Å². The van der Waals surface area contributed by atoms with Gasteiger partial charge >= 0.3 is 0 Å². The summed E-state index contributed by atoms with van der Waals surface area (Å²) in [6, 6.07) is 6.83. The second-order valence-corrected chi connectivity index (χ2v) is 4.64. The highest BCUT2D eigenvalue weighted by Gasteiger charge is 2.23. The van der Waals surface area contributed by atoms with Crippen LogP contribution in [0.15, 0.2) is 24.3 Å². The topological polar surface area (TPSA) is 38.0 Å². The molecule has 0 amide bonds. The van der Waals surface area contributed by atoms with Crippen molar-refractivity contribution in [3.05, 3.63) is 35.6 Å². The van der Waals surface area contributed by atoms with Crippen LogP contribution in [0.2, 0.25) is 0 Å². The normalized spacial score (nSPS) is 13.6. The molecule has 3 N–H and O–H groups in total. The number of nitrogens with two attached hydrogens (primary N) is 1. The van der Waals surface area contributed by atoms with Crippen LogP contribution >= 0.6 is 0 Å². The third-order valence-electron chi connectivity index (χ3n) is 2.97. The predicted molar refractivity (Wildman–Crippen MR) is 73.6 cm³/mol. The van der Waals surface area contributed by atoms with Crippen molar-refractivity contribution in [3.8, 4) is 11.8 Å². The van der Waals surface area contributed by atoms with Crippen LogP contribution in [0.5, 0.6) is 0 Å². The van der Waals surface area contributed by atoms with Crippen LogP contribution in [0.25, 0.3) is 0 Å². The van der Waals surface area contributed by atoms with Crippen molar-refractivity contribution in [3.63, 3.8) is 0 Å². The average molecular weight is 248 g/mol. The number of nitrogens with one attached hydrogen (secondary N) is 1. The fourth-order valence-electron chi connectivity index (χ4n) is 1.82. The second-order valence-electron chi connectivity index (χ2n) is 4.64. The first kappa shape index (κ1) is 14.7. The van der Waals surface area contributed by atoms with Gasteiger partial charge in [0.2, 0.25) is 0 Å². The number of hydrogen-bond donors (Lipinski definition) is 2. The number of rotatable bonds is 6. The zero-order chi connectivity index (χ0) is 13.4. The lowest BCUT2D eigenvalue weighted by atomic mass is 9.92. The summed E-state index contributed by atoms with van der Waals surface area (Å²) in [6.07, 6.45) is 1.36. The fourth-order valence-corrected chi connectivity index (χ4v) is 1.82. The van der Waals surface area contributed by atoms with E-state index >= 15 is 0 Å². The van der Waals surface area contributed by atoms with E-state index in [1.807, 2.05) is 19.9 Å². The summed E-state index contributed by atoms with van der Waals surface area (Å²) < 4.78 is 13.6. The van der Waals surface area contributed by atoms with Gasteiger partial charge in [-0.1, -0.05) is 18.2 Å². The summed E-state index contributed by atoms with van der Waals surface area (Å²) in [7, 11) is 0. The molecule has 3 heteroatoms. The molecule has 1 aromatic rings. The summed E-state index contributed by atoms with van der Waals surface area (Å²) in [4.78, 5) is 0. The van der Waals surface area contributed by atoms with Gasteiger partial charge in [0.15, 0.2) is 0 Å². The third-order valence-corrected chi connectivity index (χ3v) is 2.97. The van der Waals surface area contributed by atoms with Crippen LogP contribution in [0.4, 0.5) is 4.39 Å². The lowest BCUT2D eigenvalue weighted by Gasteiger charge is -2.29. The highest BCUT2D eigenvalue weighted by Crippen LogP contribution is 2.15. The Morgan fingerprint density at radius 2 is 2.11 bits per heavy atom. The maximum Gasteiger partial charge on any atom is 0.126 e. The molecule has 0 aliphatic rings. The molecule has 0 aromatic heterocycles. The predicted octanol–water partition coefficient (Wildman–Crippen LogP) is 2.09. The maximum absolute atomic E-state index is 13.6. The smallest absolute Gasteiger partial charge is 0.126 e. The second kappa shape index (κ2) is 7.15. The van der Waals surface area contributed by atoms with E-state index < -0.39 is 0 Å². The molecule has 0 aliphatic heterocycles. The molecule has 1 aromatic carbocycles. The molecule has 0 radical (unpaired) electrons. The molecule has 0 spiro atoms. The molecular weight excluding hydrogens is 227 g/mol. The zero-order valence-corrected chi connectivity index (χ0v) is 11.1. The van der Waals surface area contributed by atoms with E-state index in [2.05, 4.69) is 17.2 Å². The number of benzene rings is 1. The lowest BCUT2D eigenvalue weighted by Crippen LogP contribution is -2.50. The fraction of sp³-hybridized carbons (Fsp3) is 0.467. The molecule has 0 saturated carbocycles. The highest BCUT2D eigenvalue weighted by molar-refractivity contribution is 5.20. The van der Waals surface area contributed by atoms with E-state index in [0.717, 1.165) is 13.0 Å². The molecule has 1 unspecified atom stereocenters. The van der Waals surface area contributed by atoms with Gasteiger partial charge in [-0.2, -0.15) is 0 Å². The van der Waals surface area contributed by atoms with E-state index in [9.17, 15) is 4.39 Å². The third kappa shape index (κ3) is 4.48. The Kier molecular flexibility index (Phi) is 5.84. The first-order valence-corrected chi connectivity index (χ1v) is 6.19. The van der Waals surface area contributed by atoms with Gasteiger partial charge in [-0.25, -0.2) is 4.39 Å². The van der Waals surface area contributed by atoms with Crippen molar-refractivity contribution in [1.82, 2.24) is 5.32 Å². The van der Waals surface area contributed by atoms with Gasteiger partial charge in [0.1, 0.15) is 5.82 Å².